The van der Waals surface area contributed by atoms with Gasteiger partial charge in [-0.05, 0) is 49.4 Å². The lowest BCUT2D eigenvalue weighted by atomic mass is 10.2. The van der Waals surface area contributed by atoms with E-state index in [0.29, 0.717) is 35.1 Å². The number of rotatable bonds is 5. The summed E-state index contributed by atoms with van der Waals surface area (Å²) in [5, 5.41) is 11.2. The molecule has 2 aromatic carbocycles. The zero-order valence-electron chi connectivity index (χ0n) is 16.2. The van der Waals surface area contributed by atoms with Gasteiger partial charge in [0.05, 0.1) is 27.7 Å². The van der Waals surface area contributed by atoms with Crippen molar-refractivity contribution in [3.63, 3.8) is 0 Å². The maximum atomic E-state index is 13.2. The van der Waals surface area contributed by atoms with Gasteiger partial charge in [-0.25, -0.2) is 9.07 Å². The van der Waals surface area contributed by atoms with Gasteiger partial charge >= 0.3 is 0 Å². The van der Waals surface area contributed by atoms with Crippen LogP contribution in [0.2, 0.25) is 5.02 Å². The second-order valence-electron chi connectivity index (χ2n) is 6.56. The van der Waals surface area contributed by atoms with E-state index in [1.807, 2.05) is 31.2 Å². The molecule has 0 aliphatic heterocycles. The van der Waals surface area contributed by atoms with Crippen LogP contribution in [0.15, 0.2) is 53.2 Å². The highest BCUT2D eigenvalue weighted by Crippen LogP contribution is 2.24. The fourth-order valence-electron chi connectivity index (χ4n) is 2.87. The number of aromatic nitrogens is 4. The van der Waals surface area contributed by atoms with Crippen molar-refractivity contribution in [2.75, 3.05) is 5.32 Å². The molecule has 0 aliphatic rings. The van der Waals surface area contributed by atoms with Crippen LogP contribution < -0.4 is 5.32 Å². The van der Waals surface area contributed by atoms with Crippen molar-refractivity contribution in [3.05, 3.63) is 76.6 Å². The molecule has 1 amide bonds. The van der Waals surface area contributed by atoms with Crippen LogP contribution in [-0.2, 0) is 6.42 Å². The first-order chi connectivity index (χ1) is 14.4. The van der Waals surface area contributed by atoms with Crippen LogP contribution in [0.25, 0.3) is 17.1 Å². The van der Waals surface area contributed by atoms with Crippen molar-refractivity contribution < 1.29 is 13.7 Å². The van der Waals surface area contributed by atoms with Gasteiger partial charge in [-0.1, -0.05) is 23.7 Å². The van der Waals surface area contributed by atoms with Crippen LogP contribution in [0.4, 0.5) is 10.1 Å². The molecule has 2 heterocycles. The Labute approximate surface area is 176 Å². The number of anilines is 1. The molecule has 0 radical (unpaired) electrons. The topological polar surface area (TPSA) is 85.8 Å². The Kier molecular flexibility index (Phi) is 5.33. The highest BCUT2D eigenvalue weighted by Gasteiger charge is 2.16. The van der Waals surface area contributed by atoms with Crippen molar-refractivity contribution >= 4 is 23.2 Å². The summed E-state index contributed by atoms with van der Waals surface area (Å²) >= 11 is 5.99. The van der Waals surface area contributed by atoms with Gasteiger partial charge in [-0.2, -0.15) is 10.1 Å². The standard InChI is InChI=1S/C21H17ClFN5O2/c1-3-19-25-20(27-30-19)13-4-7-15(8-5-13)28-11-16(12(2)26-28)21(29)24-18-9-6-14(23)10-17(18)22/h4-11H,3H2,1-2H3,(H,24,29). The van der Waals surface area contributed by atoms with E-state index in [1.54, 1.807) is 17.8 Å². The molecule has 9 heteroatoms. The Morgan fingerprint density at radius 3 is 2.67 bits per heavy atom. The van der Waals surface area contributed by atoms with Crippen LogP contribution in [0.5, 0.6) is 0 Å². The normalized spacial score (nSPS) is 10.9. The van der Waals surface area contributed by atoms with E-state index < -0.39 is 5.82 Å². The number of aryl methyl sites for hydroxylation is 2. The van der Waals surface area contributed by atoms with E-state index in [-0.39, 0.29) is 10.9 Å². The molecule has 30 heavy (non-hydrogen) atoms. The minimum atomic E-state index is -0.475. The monoisotopic (exact) mass is 425 g/mol. The van der Waals surface area contributed by atoms with Gasteiger partial charge in [0.25, 0.3) is 5.91 Å². The molecule has 0 saturated carbocycles. The van der Waals surface area contributed by atoms with E-state index >= 15 is 0 Å². The predicted molar refractivity (Wildman–Crippen MR) is 110 cm³/mol. The average molecular weight is 426 g/mol. The number of carbonyl (C=O) groups excluding carboxylic acids is 1. The molecule has 0 spiro atoms. The molecule has 152 valence electrons. The molecule has 0 bridgehead atoms. The Hall–Kier alpha value is -3.52. The van der Waals surface area contributed by atoms with Gasteiger partial charge in [-0.15, -0.1) is 0 Å². The highest BCUT2D eigenvalue weighted by molar-refractivity contribution is 6.33. The third-order valence-electron chi connectivity index (χ3n) is 4.48. The summed E-state index contributed by atoms with van der Waals surface area (Å²) in [6.45, 7) is 3.68. The first kappa shape index (κ1) is 19.8. The molecule has 0 atom stereocenters. The van der Waals surface area contributed by atoms with Crippen LogP contribution >= 0.6 is 11.6 Å². The van der Waals surface area contributed by atoms with E-state index in [4.69, 9.17) is 16.1 Å². The fraction of sp³-hybridized carbons (Fsp3) is 0.143. The summed E-state index contributed by atoms with van der Waals surface area (Å²) in [5.74, 6) is 0.236. The van der Waals surface area contributed by atoms with Gasteiger partial charge < -0.3 is 9.84 Å². The summed E-state index contributed by atoms with van der Waals surface area (Å²) in [6.07, 6.45) is 2.30. The maximum Gasteiger partial charge on any atom is 0.259 e. The summed E-state index contributed by atoms with van der Waals surface area (Å²) in [6, 6.07) is 11.2. The minimum absolute atomic E-state index is 0.122. The molecular formula is C21H17ClFN5O2. The van der Waals surface area contributed by atoms with E-state index in [1.165, 1.54) is 12.1 Å². The lowest BCUT2D eigenvalue weighted by Gasteiger charge is -2.06. The van der Waals surface area contributed by atoms with Crippen molar-refractivity contribution in [1.82, 2.24) is 19.9 Å². The fourth-order valence-corrected chi connectivity index (χ4v) is 3.09. The second-order valence-corrected chi connectivity index (χ2v) is 6.97. The van der Waals surface area contributed by atoms with Gasteiger partial charge in [0.15, 0.2) is 0 Å². The molecule has 0 aliphatic carbocycles. The molecule has 7 nitrogen and oxygen atoms in total. The quantitative estimate of drug-likeness (QED) is 0.494. The highest BCUT2D eigenvalue weighted by atomic mass is 35.5. The summed E-state index contributed by atoms with van der Waals surface area (Å²) in [4.78, 5) is 17.0. The number of hydrogen-bond acceptors (Lipinski definition) is 5. The number of nitrogens with one attached hydrogen (secondary N) is 1. The Morgan fingerprint density at radius 1 is 1.23 bits per heavy atom. The summed E-state index contributed by atoms with van der Waals surface area (Å²) in [5.41, 5.74) is 2.83. The molecule has 0 unspecified atom stereocenters. The predicted octanol–water partition coefficient (Wildman–Crippen LogP) is 4.84. The lowest BCUT2D eigenvalue weighted by molar-refractivity contribution is 0.102. The van der Waals surface area contributed by atoms with Gasteiger partial charge in [0, 0.05) is 18.2 Å². The Bertz CT molecular complexity index is 1220. The Balaban J connectivity index is 1.55. The smallest absolute Gasteiger partial charge is 0.259 e. The number of amides is 1. The van der Waals surface area contributed by atoms with Gasteiger partial charge in [0.2, 0.25) is 11.7 Å². The summed E-state index contributed by atoms with van der Waals surface area (Å²) in [7, 11) is 0. The summed E-state index contributed by atoms with van der Waals surface area (Å²) < 4.78 is 19.9. The van der Waals surface area contributed by atoms with E-state index in [9.17, 15) is 9.18 Å². The SMILES string of the molecule is CCc1nc(-c2ccc(-n3cc(C(=O)Nc4ccc(F)cc4Cl)c(C)n3)cc2)no1. The number of halogens is 2. The number of carbonyl (C=O) groups is 1. The maximum absolute atomic E-state index is 13.2. The number of hydrogen-bond donors (Lipinski definition) is 1. The van der Waals surface area contributed by atoms with Crippen LogP contribution in [0.3, 0.4) is 0 Å². The van der Waals surface area contributed by atoms with Crippen LogP contribution in [0.1, 0.15) is 28.9 Å². The number of nitrogens with zero attached hydrogens (tertiary/aromatic N) is 4. The van der Waals surface area contributed by atoms with Crippen LogP contribution in [0, 0.1) is 12.7 Å². The molecule has 4 aromatic rings. The molecule has 0 fully saturated rings. The third-order valence-corrected chi connectivity index (χ3v) is 4.80. The number of benzene rings is 2. The second kappa shape index (κ2) is 8.08. The molecular weight excluding hydrogens is 409 g/mol. The zero-order valence-corrected chi connectivity index (χ0v) is 16.9. The van der Waals surface area contributed by atoms with Crippen molar-refractivity contribution in [2.24, 2.45) is 0 Å². The van der Waals surface area contributed by atoms with Crippen LogP contribution in [-0.4, -0.2) is 25.8 Å². The van der Waals surface area contributed by atoms with E-state index in [2.05, 4.69) is 20.6 Å². The Morgan fingerprint density at radius 2 is 2.00 bits per heavy atom. The minimum Gasteiger partial charge on any atom is -0.339 e. The third kappa shape index (κ3) is 3.95. The molecule has 4 rings (SSSR count). The van der Waals surface area contributed by atoms with Crippen molar-refractivity contribution in [1.29, 1.82) is 0 Å². The zero-order chi connectivity index (χ0) is 21.3. The molecule has 0 saturated heterocycles. The average Bonchev–Trinajstić information content (AvgIpc) is 3.37. The van der Waals surface area contributed by atoms with Gasteiger partial charge in [0.1, 0.15) is 5.82 Å². The molecule has 2 aromatic heterocycles. The van der Waals surface area contributed by atoms with Crippen molar-refractivity contribution in [2.45, 2.75) is 20.3 Å². The van der Waals surface area contributed by atoms with Crippen molar-refractivity contribution in [3.8, 4) is 17.1 Å². The van der Waals surface area contributed by atoms with E-state index in [0.717, 1.165) is 17.3 Å². The molecule has 1 N–H and O–H groups in total. The van der Waals surface area contributed by atoms with Gasteiger partial charge in [-0.3, -0.25) is 4.79 Å². The first-order valence-corrected chi connectivity index (χ1v) is 9.58. The first-order valence-electron chi connectivity index (χ1n) is 9.20. The lowest BCUT2D eigenvalue weighted by Crippen LogP contribution is -2.12. The largest absolute Gasteiger partial charge is 0.339 e.